The molecule has 1 atom stereocenters. The lowest BCUT2D eigenvalue weighted by atomic mass is 9.93. The molecule has 0 spiro atoms. The van der Waals surface area contributed by atoms with Crippen LogP contribution in [0.3, 0.4) is 0 Å². The molecule has 1 saturated heterocycles. The lowest BCUT2D eigenvalue weighted by molar-refractivity contribution is 0.401. The molecule has 1 aliphatic heterocycles. The minimum atomic E-state index is -0.368. The first-order valence-electron chi connectivity index (χ1n) is 5.19. The molecule has 0 amide bonds. The first-order valence-corrected chi connectivity index (χ1v) is 5.19. The fourth-order valence-corrected chi connectivity index (χ4v) is 1.58. The Hall–Kier alpha value is -1.06. The second-order valence-corrected chi connectivity index (χ2v) is 4.72. The summed E-state index contributed by atoms with van der Waals surface area (Å²) in [6.45, 7) is 4.71. The van der Waals surface area contributed by atoms with Crippen LogP contribution in [0, 0.1) is 0 Å². The van der Waals surface area contributed by atoms with E-state index in [9.17, 15) is 5.11 Å². The highest BCUT2D eigenvalue weighted by Gasteiger charge is 2.25. The van der Waals surface area contributed by atoms with E-state index in [1.807, 2.05) is 26.0 Å². The average molecular weight is 207 g/mol. The molecule has 2 rings (SSSR count). The maximum Gasteiger partial charge on any atom is 0.118 e. The van der Waals surface area contributed by atoms with Gasteiger partial charge in [0.2, 0.25) is 0 Å². The fourth-order valence-electron chi connectivity index (χ4n) is 1.58. The monoisotopic (exact) mass is 207 g/mol. The van der Waals surface area contributed by atoms with E-state index in [0.29, 0.717) is 5.75 Å². The molecule has 82 valence electrons. The Morgan fingerprint density at radius 2 is 2.20 bits per heavy atom. The summed E-state index contributed by atoms with van der Waals surface area (Å²) in [5.41, 5.74) is 7.60. The van der Waals surface area contributed by atoms with E-state index in [1.54, 1.807) is 6.07 Å². The molecule has 1 unspecified atom stereocenters. The molecular formula is C12H17NO2. The predicted octanol–water partition coefficient (Wildman–Crippen LogP) is 1.53. The number of benzene rings is 1. The van der Waals surface area contributed by atoms with Crippen LogP contribution in [-0.4, -0.2) is 17.8 Å². The van der Waals surface area contributed by atoms with Crippen LogP contribution in [0.15, 0.2) is 18.2 Å². The van der Waals surface area contributed by atoms with Crippen molar-refractivity contribution in [2.75, 3.05) is 6.61 Å². The molecule has 3 heteroatoms. The Kier molecular flexibility index (Phi) is 2.44. The summed E-state index contributed by atoms with van der Waals surface area (Å²) in [5.74, 6) is 0.332. The minimum absolute atomic E-state index is 0.284. The summed E-state index contributed by atoms with van der Waals surface area (Å²) in [4.78, 5) is 0. The van der Waals surface area contributed by atoms with Crippen LogP contribution >= 0.6 is 0 Å². The lowest BCUT2D eigenvalue weighted by Gasteiger charge is -2.20. The first kappa shape index (κ1) is 10.5. The highest BCUT2D eigenvalue weighted by molar-refractivity contribution is 5.39. The van der Waals surface area contributed by atoms with Crippen LogP contribution in [-0.2, 0) is 16.7 Å². The molecular weight excluding hydrogens is 190 g/mol. The summed E-state index contributed by atoms with van der Waals surface area (Å²) >= 11 is 0. The predicted molar refractivity (Wildman–Crippen MR) is 58.8 cm³/mol. The van der Waals surface area contributed by atoms with Crippen LogP contribution in [0.4, 0.5) is 0 Å². The standard InChI is InChI=1S/C12H17NO2/c1-12(2,13)9-3-4-11(14)8(5-9)6-10-7-15-10/h3-5,10,14H,6-7,13H2,1-2H3. The van der Waals surface area contributed by atoms with Gasteiger partial charge < -0.3 is 15.6 Å². The molecule has 15 heavy (non-hydrogen) atoms. The zero-order chi connectivity index (χ0) is 11.1. The normalized spacial score (nSPS) is 20.3. The van der Waals surface area contributed by atoms with Crippen molar-refractivity contribution in [3.63, 3.8) is 0 Å². The van der Waals surface area contributed by atoms with Crippen molar-refractivity contribution in [3.05, 3.63) is 29.3 Å². The van der Waals surface area contributed by atoms with Crippen molar-refractivity contribution in [1.82, 2.24) is 0 Å². The van der Waals surface area contributed by atoms with Crippen molar-refractivity contribution in [3.8, 4) is 5.75 Å². The molecule has 0 bridgehead atoms. The molecule has 1 heterocycles. The van der Waals surface area contributed by atoms with Gasteiger partial charge in [0.1, 0.15) is 5.75 Å². The SMILES string of the molecule is CC(C)(N)c1ccc(O)c(CC2CO2)c1. The Morgan fingerprint density at radius 3 is 2.73 bits per heavy atom. The molecule has 0 radical (unpaired) electrons. The van der Waals surface area contributed by atoms with Gasteiger partial charge in [0, 0.05) is 12.0 Å². The first-order chi connectivity index (χ1) is 6.97. The third kappa shape index (κ3) is 2.49. The highest BCUT2D eigenvalue weighted by atomic mass is 16.6. The Morgan fingerprint density at radius 1 is 1.53 bits per heavy atom. The molecule has 1 aromatic carbocycles. The molecule has 3 N–H and O–H groups in total. The molecule has 1 aromatic rings. The summed E-state index contributed by atoms with van der Waals surface area (Å²) < 4.78 is 5.15. The topological polar surface area (TPSA) is 58.8 Å². The van der Waals surface area contributed by atoms with Gasteiger partial charge in [-0.05, 0) is 31.0 Å². The van der Waals surface area contributed by atoms with Gasteiger partial charge in [0.15, 0.2) is 0 Å². The number of nitrogens with two attached hydrogens (primary N) is 1. The number of epoxide rings is 1. The number of phenolic OH excluding ortho intramolecular Hbond substituents is 1. The van der Waals surface area contributed by atoms with E-state index in [2.05, 4.69) is 0 Å². The molecule has 3 nitrogen and oxygen atoms in total. The Bertz CT molecular complexity index is 364. The number of phenols is 1. The molecule has 0 aromatic heterocycles. The smallest absolute Gasteiger partial charge is 0.118 e. The molecule has 0 saturated carbocycles. The number of ether oxygens (including phenoxy) is 1. The van der Waals surface area contributed by atoms with Gasteiger partial charge in [-0.3, -0.25) is 0 Å². The van der Waals surface area contributed by atoms with E-state index in [-0.39, 0.29) is 11.6 Å². The van der Waals surface area contributed by atoms with E-state index in [1.165, 1.54) is 0 Å². The number of hydrogen-bond acceptors (Lipinski definition) is 3. The quantitative estimate of drug-likeness (QED) is 0.739. The summed E-state index contributed by atoms with van der Waals surface area (Å²) in [5, 5.41) is 9.68. The van der Waals surface area contributed by atoms with Crippen LogP contribution in [0.5, 0.6) is 5.75 Å². The Balaban J connectivity index is 2.27. The summed E-state index contributed by atoms with van der Waals surface area (Å²) in [6.07, 6.45) is 1.06. The van der Waals surface area contributed by atoms with Gasteiger partial charge in [-0.25, -0.2) is 0 Å². The van der Waals surface area contributed by atoms with E-state index < -0.39 is 0 Å². The van der Waals surface area contributed by atoms with E-state index in [0.717, 1.165) is 24.2 Å². The van der Waals surface area contributed by atoms with Gasteiger partial charge in [0.05, 0.1) is 12.7 Å². The summed E-state index contributed by atoms with van der Waals surface area (Å²) in [7, 11) is 0. The van der Waals surface area contributed by atoms with E-state index >= 15 is 0 Å². The molecule has 1 fully saturated rings. The van der Waals surface area contributed by atoms with Gasteiger partial charge in [-0.15, -0.1) is 0 Å². The maximum absolute atomic E-state index is 9.68. The molecule has 0 aliphatic carbocycles. The number of rotatable bonds is 3. The van der Waals surface area contributed by atoms with E-state index in [4.69, 9.17) is 10.5 Å². The fraction of sp³-hybridized carbons (Fsp3) is 0.500. The van der Waals surface area contributed by atoms with Gasteiger partial charge in [-0.1, -0.05) is 12.1 Å². The van der Waals surface area contributed by atoms with Crippen LogP contribution < -0.4 is 5.73 Å². The summed E-state index contributed by atoms with van der Waals surface area (Å²) in [6, 6.07) is 5.55. The third-order valence-electron chi connectivity index (χ3n) is 2.67. The highest BCUT2D eigenvalue weighted by Crippen LogP contribution is 2.27. The van der Waals surface area contributed by atoms with Gasteiger partial charge in [0.25, 0.3) is 0 Å². The number of aromatic hydroxyl groups is 1. The van der Waals surface area contributed by atoms with Crippen molar-refractivity contribution in [1.29, 1.82) is 0 Å². The van der Waals surface area contributed by atoms with Crippen molar-refractivity contribution >= 4 is 0 Å². The second-order valence-electron chi connectivity index (χ2n) is 4.72. The average Bonchev–Trinajstić information content (AvgIpc) is 2.90. The van der Waals surface area contributed by atoms with Gasteiger partial charge >= 0.3 is 0 Å². The minimum Gasteiger partial charge on any atom is -0.508 e. The van der Waals surface area contributed by atoms with Crippen LogP contribution in [0.1, 0.15) is 25.0 Å². The van der Waals surface area contributed by atoms with Gasteiger partial charge in [-0.2, -0.15) is 0 Å². The van der Waals surface area contributed by atoms with Crippen molar-refractivity contribution < 1.29 is 9.84 Å². The zero-order valence-corrected chi connectivity index (χ0v) is 9.16. The third-order valence-corrected chi connectivity index (χ3v) is 2.67. The second kappa shape index (κ2) is 3.51. The largest absolute Gasteiger partial charge is 0.508 e. The zero-order valence-electron chi connectivity index (χ0n) is 9.16. The maximum atomic E-state index is 9.68. The Labute approximate surface area is 89.9 Å². The lowest BCUT2D eigenvalue weighted by Crippen LogP contribution is -2.28. The molecule has 1 aliphatic rings. The van der Waals surface area contributed by atoms with Crippen LogP contribution in [0.25, 0.3) is 0 Å². The van der Waals surface area contributed by atoms with Crippen LogP contribution in [0.2, 0.25) is 0 Å². The van der Waals surface area contributed by atoms with Crippen molar-refractivity contribution in [2.24, 2.45) is 5.73 Å². The van der Waals surface area contributed by atoms with Crippen molar-refractivity contribution in [2.45, 2.75) is 31.9 Å². The number of hydrogen-bond donors (Lipinski definition) is 2.